The number of benzene rings is 2. The molecule has 0 spiro atoms. The molecule has 0 heterocycles. The zero-order valence-electron chi connectivity index (χ0n) is 14.7. The van der Waals surface area contributed by atoms with Crippen molar-refractivity contribution in [3.63, 3.8) is 0 Å². The Labute approximate surface area is 140 Å². The summed E-state index contributed by atoms with van der Waals surface area (Å²) in [6, 6.07) is 16.9. The van der Waals surface area contributed by atoms with Gasteiger partial charge >= 0.3 is 0 Å². The number of ether oxygens (including phenoxy) is 2. The van der Waals surface area contributed by atoms with E-state index in [0.29, 0.717) is 12.5 Å². The van der Waals surface area contributed by atoms with Crippen LogP contribution < -0.4 is 4.74 Å². The highest BCUT2D eigenvalue weighted by Crippen LogP contribution is 2.22. The molecule has 2 rings (SSSR count). The fourth-order valence-corrected chi connectivity index (χ4v) is 2.43. The molecule has 0 saturated heterocycles. The average Bonchev–Trinajstić information content (AvgIpc) is 2.56. The number of aryl methyl sites for hydroxylation is 1. The van der Waals surface area contributed by atoms with Gasteiger partial charge < -0.3 is 9.47 Å². The fraction of sp³-hybridized carbons (Fsp3) is 0.429. The minimum absolute atomic E-state index is 0.241. The van der Waals surface area contributed by atoms with Crippen molar-refractivity contribution < 1.29 is 9.47 Å². The van der Waals surface area contributed by atoms with Crippen LogP contribution in [0.15, 0.2) is 48.5 Å². The van der Waals surface area contributed by atoms with E-state index in [1.165, 1.54) is 16.7 Å². The second-order valence-electron chi connectivity index (χ2n) is 6.17. The van der Waals surface area contributed by atoms with Crippen LogP contribution in [-0.2, 0) is 11.2 Å². The number of rotatable bonds is 8. The molecular formula is C21H28O2. The molecular weight excluding hydrogens is 284 g/mol. The van der Waals surface area contributed by atoms with Gasteiger partial charge in [-0.15, -0.1) is 0 Å². The molecule has 2 atom stereocenters. The molecule has 0 aliphatic heterocycles. The van der Waals surface area contributed by atoms with Gasteiger partial charge in [0.2, 0.25) is 0 Å². The van der Waals surface area contributed by atoms with E-state index >= 15 is 0 Å². The maximum absolute atomic E-state index is 5.82. The van der Waals surface area contributed by atoms with Crippen LogP contribution in [0.5, 0.6) is 5.75 Å². The van der Waals surface area contributed by atoms with Gasteiger partial charge in [0.1, 0.15) is 5.75 Å². The van der Waals surface area contributed by atoms with E-state index in [1.807, 2.05) is 19.1 Å². The highest BCUT2D eigenvalue weighted by Gasteiger charge is 2.06. The van der Waals surface area contributed by atoms with Crippen LogP contribution in [0.2, 0.25) is 0 Å². The number of hydrogen-bond donors (Lipinski definition) is 0. The molecule has 0 radical (unpaired) electrons. The molecule has 0 saturated carbocycles. The zero-order valence-corrected chi connectivity index (χ0v) is 14.7. The highest BCUT2D eigenvalue weighted by atomic mass is 16.7. The summed E-state index contributed by atoms with van der Waals surface area (Å²) in [6.07, 6.45) is 1.81. The van der Waals surface area contributed by atoms with Crippen molar-refractivity contribution in [2.75, 3.05) is 6.61 Å². The summed E-state index contributed by atoms with van der Waals surface area (Å²) in [4.78, 5) is 0. The average molecular weight is 312 g/mol. The second-order valence-corrected chi connectivity index (χ2v) is 6.17. The summed E-state index contributed by atoms with van der Waals surface area (Å²) in [5, 5.41) is 0. The van der Waals surface area contributed by atoms with E-state index in [4.69, 9.17) is 9.47 Å². The molecule has 0 aliphatic carbocycles. The summed E-state index contributed by atoms with van der Waals surface area (Å²) in [7, 11) is 0. The Morgan fingerprint density at radius 2 is 1.57 bits per heavy atom. The van der Waals surface area contributed by atoms with Crippen LogP contribution >= 0.6 is 0 Å². The molecule has 2 heteroatoms. The smallest absolute Gasteiger partial charge is 0.196 e. The summed E-state index contributed by atoms with van der Waals surface area (Å²) >= 11 is 0. The van der Waals surface area contributed by atoms with Crippen LogP contribution in [-0.4, -0.2) is 12.9 Å². The van der Waals surface area contributed by atoms with Crippen molar-refractivity contribution in [2.24, 2.45) is 0 Å². The van der Waals surface area contributed by atoms with E-state index in [-0.39, 0.29) is 6.29 Å². The van der Waals surface area contributed by atoms with E-state index in [2.05, 4.69) is 57.2 Å². The van der Waals surface area contributed by atoms with Gasteiger partial charge in [0.05, 0.1) is 6.61 Å². The van der Waals surface area contributed by atoms with Gasteiger partial charge in [0, 0.05) is 0 Å². The lowest BCUT2D eigenvalue weighted by Crippen LogP contribution is -2.17. The van der Waals surface area contributed by atoms with Crippen molar-refractivity contribution in [3.8, 4) is 5.75 Å². The van der Waals surface area contributed by atoms with Crippen LogP contribution in [0.4, 0.5) is 0 Å². The van der Waals surface area contributed by atoms with Gasteiger partial charge in [-0.3, -0.25) is 0 Å². The molecule has 0 aliphatic rings. The lowest BCUT2D eigenvalue weighted by Gasteiger charge is -2.16. The van der Waals surface area contributed by atoms with Crippen LogP contribution in [0.1, 0.15) is 49.8 Å². The largest absolute Gasteiger partial charge is 0.465 e. The van der Waals surface area contributed by atoms with Crippen molar-refractivity contribution >= 4 is 0 Å². The zero-order chi connectivity index (χ0) is 16.7. The minimum atomic E-state index is -0.241. The Morgan fingerprint density at radius 3 is 2.17 bits per heavy atom. The van der Waals surface area contributed by atoms with Gasteiger partial charge in [0.15, 0.2) is 6.29 Å². The third kappa shape index (κ3) is 5.72. The van der Waals surface area contributed by atoms with E-state index in [9.17, 15) is 0 Å². The second kappa shape index (κ2) is 8.73. The standard InChI is InChI=1S/C21H28O2/c1-5-17(3)20-10-12-21(13-11-20)23-18(4)22-15-14-19-8-6-16(2)7-9-19/h6-13,17-18H,5,14-15H2,1-4H3. The Kier molecular flexibility index (Phi) is 6.66. The molecule has 0 amide bonds. The van der Waals surface area contributed by atoms with Gasteiger partial charge in [-0.25, -0.2) is 0 Å². The normalized spacial score (nSPS) is 13.6. The van der Waals surface area contributed by atoms with Crippen molar-refractivity contribution in [1.29, 1.82) is 0 Å². The first-order valence-electron chi connectivity index (χ1n) is 8.52. The molecule has 0 aromatic heterocycles. The van der Waals surface area contributed by atoms with E-state index in [1.54, 1.807) is 0 Å². The maximum atomic E-state index is 5.82. The first kappa shape index (κ1) is 17.6. The maximum Gasteiger partial charge on any atom is 0.196 e. The molecule has 2 unspecified atom stereocenters. The monoisotopic (exact) mass is 312 g/mol. The van der Waals surface area contributed by atoms with Crippen LogP contribution in [0.3, 0.4) is 0 Å². The van der Waals surface area contributed by atoms with Gasteiger partial charge in [-0.05, 0) is 55.9 Å². The Balaban J connectivity index is 1.75. The third-order valence-corrected chi connectivity index (χ3v) is 4.23. The van der Waals surface area contributed by atoms with E-state index < -0.39 is 0 Å². The summed E-state index contributed by atoms with van der Waals surface area (Å²) in [6.45, 7) is 9.15. The molecule has 0 bridgehead atoms. The summed E-state index contributed by atoms with van der Waals surface area (Å²) in [5.41, 5.74) is 3.93. The predicted molar refractivity (Wildman–Crippen MR) is 96.1 cm³/mol. The van der Waals surface area contributed by atoms with Gasteiger partial charge in [-0.2, -0.15) is 0 Å². The van der Waals surface area contributed by atoms with Crippen molar-refractivity contribution in [1.82, 2.24) is 0 Å². The third-order valence-electron chi connectivity index (χ3n) is 4.23. The Hall–Kier alpha value is -1.80. The highest BCUT2D eigenvalue weighted by molar-refractivity contribution is 5.29. The molecule has 2 nitrogen and oxygen atoms in total. The first-order valence-corrected chi connectivity index (χ1v) is 8.52. The lowest BCUT2D eigenvalue weighted by molar-refractivity contribution is -0.0654. The van der Waals surface area contributed by atoms with E-state index in [0.717, 1.165) is 18.6 Å². The quantitative estimate of drug-likeness (QED) is 0.600. The summed E-state index contributed by atoms with van der Waals surface area (Å²) in [5.74, 6) is 1.45. The van der Waals surface area contributed by atoms with Crippen LogP contribution in [0, 0.1) is 6.92 Å². The molecule has 0 N–H and O–H groups in total. The Morgan fingerprint density at radius 1 is 0.913 bits per heavy atom. The lowest BCUT2D eigenvalue weighted by atomic mass is 9.99. The fourth-order valence-electron chi connectivity index (χ4n) is 2.43. The molecule has 124 valence electrons. The predicted octanol–water partition coefficient (Wildman–Crippen LogP) is 5.49. The molecule has 2 aromatic rings. The van der Waals surface area contributed by atoms with Crippen molar-refractivity contribution in [2.45, 2.75) is 52.7 Å². The van der Waals surface area contributed by atoms with Crippen LogP contribution in [0.25, 0.3) is 0 Å². The van der Waals surface area contributed by atoms with Gasteiger partial charge in [0.25, 0.3) is 0 Å². The Bertz CT molecular complexity index is 572. The number of hydrogen-bond acceptors (Lipinski definition) is 2. The first-order chi connectivity index (χ1) is 11.1. The SMILES string of the molecule is CCC(C)c1ccc(OC(C)OCCc2ccc(C)cc2)cc1. The topological polar surface area (TPSA) is 18.5 Å². The molecule has 2 aromatic carbocycles. The van der Waals surface area contributed by atoms with Crippen molar-refractivity contribution in [3.05, 3.63) is 65.2 Å². The molecule has 23 heavy (non-hydrogen) atoms. The molecule has 0 fully saturated rings. The summed E-state index contributed by atoms with van der Waals surface area (Å²) < 4.78 is 11.6. The van der Waals surface area contributed by atoms with Gasteiger partial charge in [-0.1, -0.05) is 55.8 Å². The minimum Gasteiger partial charge on any atom is -0.465 e.